The largest absolute Gasteiger partial charge is 0.369 e. The number of nitrogen functional groups attached to an aromatic ring is 1. The molecule has 3 N–H and O–H groups in total. The fraction of sp³-hybridized carbons (Fsp3) is 0. The van der Waals surface area contributed by atoms with E-state index in [2.05, 4.69) is 25.9 Å². The number of hydrogen-bond donors (Lipinski definition) is 2. The van der Waals surface area contributed by atoms with Crippen molar-refractivity contribution in [3.8, 4) is 0 Å². The molecule has 64 valence electrons. The van der Waals surface area contributed by atoms with Crippen LogP contribution in [0.5, 0.6) is 0 Å². The minimum absolute atomic E-state index is 0. The van der Waals surface area contributed by atoms with E-state index in [1.807, 2.05) is 18.2 Å². The molecule has 0 saturated carbocycles. The Morgan fingerprint density at radius 3 is 2.92 bits per heavy atom. The van der Waals surface area contributed by atoms with Gasteiger partial charge in [0.15, 0.2) is 5.95 Å². The lowest BCUT2D eigenvalue weighted by molar-refractivity contribution is 1.35. The number of nitrogens with one attached hydrogen (secondary N) is 1. The second-order valence-electron chi connectivity index (χ2n) is 2.28. The van der Waals surface area contributed by atoms with Crippen LogP contribution in [0.3, 0.4) is 0 Å². The zero-order valence-corrected chi connectivity index (χ0v) is 8.45. The van der Waals surface area contributed by atoms with E-state index in [0.29, 0.717) is 5.95 Å². The number of benzene rings is 1. The van der Waals surface area contributed by atoms with Gasteiger partial charge in [0, 0.05) is 4.47 Å². The second-order valence-corrected chi connectivity index (χ2v) is 3.20. The maximum absolute atomic E-state index is 5.46. The van der Waals surface area contributed by atoms with Gasteiger partial charge in [-0.2, -0.15) is 0 Å². The first-order chi connectivity index (χ1) is 5.25. The number of rotatable bonds is 0. The summed E-state index contributed by atoms with van der Waals surface area (Å²) >= 11 is 3.35. The summed E-state index contributed by atoms with van der Waals surface area (Å²) in [5, 5.41) is 0. The average Bonchev–Trinajstić information content (AvgIpc) is 2.27. The Morgan fingerprint density at radius 2 is 2.17 bits per heavy atom. The minimum atomic E-state index is 0. The van der Waals surface area contributed by atoms with Crippen LogP contribution in [0.2, 0.25) is 0 Å². The van der Waals surface area contributed by atoms with Crippen molar-refractivity contribution < 1.29 is 0 Å². The van der Waals surface area contributed by atoms with Crippen LogP contribution >= 0.6 is 28.3 Å². The number of anilines is 1. The Bertz CT molecular complexity index is 398. The molecule has 0 unspecified atom stereocenters. The highest BCUT2D eigenvalue weighted by atomic mass is 79.9. The van der Waals surface area contributed by atoms with Crippen molar-refractivity contribution >= 4 is 45.3 Å². The fourth-order valence-corrected chi connectivity index (χ4v) is 1.36. The molecule has 0 atom stereocenters. The second kappa shape index (κ2) is 3.33. The summed E-state index contributed by atoms with van der Waals surface area (Å²) in [6, 6.07) is 5.79. The molecule has 0 amide bonds. The summed E-state index contributed by atoms with van der Waals surface area (Å²) in [4.78, 5) is 6.99. The Balaban J connectivity index is 0.000000720. The number of imidazole rings is 1. The molecule has 0 aliphatic heterocycles. The third-order valence-electron chi connectivity index (χ3n) is 1.46. The zero-order valence-electron chi connectivity index (χ0n) is 6.04. The van der Waals surface area contributed by atoms with E-state index in [0.717, 1.165) is 15.5 Å². The maximum Gasteiger partial charge on any atom is 0.198 e. The summed E-state index contributed by atoms with van der Waals surface area (Å²) in [5.41, 5.74) is 7.31. The number of aromatic nitrogens is 2. The van der Waals surface area contributed by atoms with Gasteiger partial charge in [-0.1, -0.05) is 15.9 Å². The van der Waals surface area contributed by atoms with Crippen LogP contribution in [0.4, 0.5) is 5.95 Å². The molecule has 0 aliphatic rings. The Morgan fingerprint density at radius 1 is 1.42 bits per heavy atom. The Kier molecular flexibility index (Phi) is 2.59. The summed E-state index contributed by atoms with van der Waals surface area (Å²) < 4.78 is 1.02. The van der Waals surface area contributed by atoms with Crippen molar-refractivity contribution in [2.75, 3.05) is 5.73 Å². The van der Waals surface area contributed by atoms with Gasteiger partial charge in [-0.3, -0.25) is 0 Å². The van der Waals surface area contributed by atoms with Crippen molar-refractivity contribution in [1.29, 1.82) is 0 Å². The third-order valence-corrected chi connectivity index (χ3v) is 1.96. The van der Waals surface area contributed by atoms with Gasteiger partial charge in [-0.25, -0.2) is 4.98 Å². The van der Waals surface area contributed by atoms with Crippen molar-refractivity contribution in [2.45, 2.75) is 0 Å². The van der Waals surface area contributed by atoms with Gasteiger partial charge in [0.1, 0.15) is 0 Å². The molecule has 1 aromatic heterocycles. The van der Waals surface area contributed by atoms with E-state index >= 15 is 0 Å². The van der Waals surface area contributed by atoms with E-state index in [9.17, 15) is 0 Å². The topological polar surface area (TPSA) is 54.7 Å². The molecule has 12 heavy (non-hydrogen) atoms. The number of hydrogen-bond acceptors (Lipinski definition) is 2. The third kappa shape index (κ3) is 1.54. The number of aromatic amines is 1. The van der Waals surface area contributed by atoms with Gasteiger partial charge >= 0.3 is 0 Å². The predicted molar refractivity (Wildman–Crippen MR) is 55.5 cm³/mol. The van der Waals surface area contributed by atoms with Crippen LogP contribution in [-0.2, 0) is 0 Å². The van der Waals surface area contributed by atoms with Crippen LogP contribution in [0, 0.1) is 0 Å². The fourth-order valence-electron chi connectivity index (χ4n) is 1.00. The molecule has 0 bridgehead atoms. The molecule has 0 fully saturated rings. The van der Waals surface area contributed by atoms with Crippen molar-refractivity contribution in [3.05, 3.63) is 22.7 Å². The Labute approximate surface area is 83.9 Å². The van der Waals surface area contributed by atoms with Crippen LogP contribution in [0.15, 0.2) is 22.7 Å². The molecular weight excluding hydrogens is 241 g/mol. The smallest absolute Gasteiger partial charge is 0.198 e. The van der Waals surface area contributed by atoms with E-state index < -0.39 is 0 Å². The highest BCUT2D eigenvalue weighted by Crippen LogP contribution is 2.17. The lowest BCUT2D eigenvalue weighted by atomic mass is 10.3. The number of nitrogens with two attached hydrogens (primary N) is 1. The highest BCUT2D eigenvalue weighted by Gasteiger charge is 1.98. The maximum atomic E-state index is 5.46. The summed E-state index contributed by atoms with van der Waals surface area (Å²) in [7, 11) is 0. The quantitative estimate of drug-likeness (QED) is 0.752. The van der Waals surface area contributed by atoms with Crippen molar-refractivity contribution in [3.63, 3.8) is 0 Å². The average molecular weight is 249 g/mol. The van der Waals surface area contributed by atoms with Crippen LogP contribution in [0.1, 0.15) is 0 Å². The number of fused-ring (bicyclic) bond motifs is 1. The van der Waals surface area contributed by atoms with E-state index in [1.54, 1.807) is 0 Å². The monoisotopic (exact) mass is 247 g/mol. The molecule has 0 radical (unpaired) electrons. The standard InChI is InChI=1S/C7H6BrN3.ClH/c8-4-1-2-5-6(3-4)11-7(9)10-5;/h1-3H,(H3,9,10,11);1H. The zero-order chi connectivity index (χ0) is 7.84. The molecule has 0 aliphatic carbocycles. The number of H-pyrrole nitrogens is 1. The number of halogens is 2. The minimum Gasteiger partial charge on any atom is -0.369 e. The first-order valence-electron chi connectivity index (χ1n) is 3.16. The predicted octanol–water partition coefficient (Wildman–Crippen LogP) is 2.33. The molecule has 1 aromatic carbocycles. The number of nitrogens with zero attached hydrogens (tertiary/aromatic N) is 1. The molecular formula is C7H7BrClN3. The summed E-state index contributed by atoms with van der Waals surface area (Å²) in [6.45, 7) is 0. The SMILES string of the molecule is Cl.Nc1nc2ccc(Br)cc2[nH]1. The van der Waals surface area contributed by atoms with Gasteiger partial charge in [-0.15, -0.1) is 12.4 Å². The highest BCUT2D eigenvalue weighted by molar-refractivity contribution is 9.10. The van der Waals surface area contributed by atoms with Gasteiger partial charge in [0.05, 0.1) is 11.0 Å². The van der Waals surface area contributed by atoms with Gasteiger partial charge in [0.25, 0.3) is 0 Å². The van der Waals surface area contributed by atoms with Gasteiger partial charge in [0.2, 0.25) is 0 Å². The lowest BCUT2D eigenvalue weighted by Crippen LogP contribution is -1.84. The molecule has 1 heterocycles. The van der Waals surface area contributed by atoms with E-state index in [4.69, 9.17) is 5.73 Å². The normalized spacial score (nSPS) is 9.75. The van der Waals surface area contributed by atoms with Crippen LogP contribution in [0.25, 0.3) is 11.0 Å². The van der Waals surface area contributed by atoms with Crippen LogP contribution < -0.4 is 5.73 Å². The molecule has 2 rings (SSSR count). The first-order valence-corrected chi connectivity index (χ1v) is 3.96. The molecule has 2 aromatic rings. The van der Waals surface area contributed by atoms with Gasteiger partial charge in [-0.05, 0) is 18.2 Å². The molecule has 0 saturated heterocycles. The van der Waals surface area contributed by atoms with Crippen molar-refractivity contribution in [1.82, 2.24) is 9.97 Å². The lowest BCUT2D eigenvalue weighted by Gasteiger charge is -1.87. The van der Waals surface area contributed by atoms with E-state index in [-0.39, 0.29) is 12.4 Å². The summed E-state index contributed by atoms with van der Waals surface area (Å²) in [6.07, 6.45) is 0. The molecule has 0 spiro atoms. The Hall–Kier alpha value is -0.740. The van der Waals surface area contributed by atoms with E-state index in [1.165, 1.54) is 0 Å². The first kappa shape index (κ1) is 9.35. The van der Waals surface area contributed by atoms with Crippen molar-refractivity contribution in [2.24, 2.45) is 0 Å². The summed E-state index contributed by atoms with van der Waals surface area (Å²) in [5.74, 6) is 0.457. The molecule has 5 heteroatoms. The van der Waals surface area contributed by atoms with Gasteiger partial charge < -0.3 is 10.7 Å². The van der Waals surface area contributed by atoms with Crippen LogP contribution in [-0.4, -0.2) is 9.97 Å². The molecule has 3 nitrogen and oxygen atoms in total.